The smallest absolute Gasteiger partial charge is 0.463 e. The lowest BCUT2D eigenvalue weighted by atomic mass is 9.95. The van der Waals surface area contributed by atoms with Crippen LogP contribution in [0.3, 0.4) is 0 Å². The number of hydrogen-bond donors (Lipinski definition) is 2. The lowest BCUT2D eigenvalue weighted by Crippen LogP contribution is -2.50. The fourth-order valence-corrected chi connectivity index (χ4v) is 4.65. The number of nitrogens with zero attached hydrogens (tertiary/aromatic N) is 1. The normalized spacial score (nSPS) is 32.4. The molecule has 0 unspecified atom stereocenters. The van der Waals surface area contributed by atoms with Crippen LogP contribution in [-0.4, -0.2) is 57.8 Å². The molecule has 2 saturated heterocycles. The largest absolute Gasteiger partial charge is 0.475 e. The molecule has 0 radical (unpaired) electrons. The summed E-state index contributed by atoms with van der Waals surface area (Å²) >= 11 is 0. The van der Waals surface area contributed by atoms with Gasteiger partial charge in [-0.25, -0.2) is 9.36 Å². The second-order valence-electron chi connectivity index (χ2n) is 7.26. The number of rotatable bonds is 7. The maximum absolute atomic E-state index is 12.8. The maximum Gasteiger partial charge on any atom is 0.475 e. The number of H-pyrrole nitrogens is 1. The Labute approximate surface area is 177 Å². The average molecular weight is 458 g/mol. The number of carbonyl (C=O) groups is 1. The van der Waals surface area contributed by atoms with Gasteiger partial charge in [-0.1, -0.05) is 5.92 Å². The molecule has 1 aromatic rings. The van der Waals surface area contributed by atoms with E-state index in [0.29, 0.717) is 0 Å². The summed E-state index contributed by atoms with van der Waals surface area (Å²) in [5.74, 6) is 1.70. The van der Waals surface area contributed by atoms with Crippen molar-refractivity contribution in [2.75, 3.05) is 13.2 Å². The topological polar surface area (TPSA) is 155 Å². The second kappa shape index (κ2) is 9.08. The van der Waals surface area contributed by atoms with Gasteiger partial charge >= 0.3 is 19.5 Å². The summed E-state index contributed by atoms with van der Waals surface area (Å²) in [6.07, 6.45) is 2.86. The van der Waals surface area contributed by atoms with Crippen molar-refractivity contribution in [3.8, 4) is 12.3 Å². The number of fused-ring (bicyclic) bond motifs is 1. The van der Waals surface area contributed by atoms with Crippen LogP contribution >= 0.6 is 7.82 Å². The van der Waals surface area contributed by atoms with E-state index in [1.807, 2.05) is 4.98 Å². The van der Waals surface area contributed by atoms with Gasteiger partial charge in [-0.15, -0.1) is 6.42 Å². The van der Waals surface area contributed by atoms with Crippen LogP contribution in [0.2, 0.25) is 0 Å². The summed E-state index contributed by atoms with van der Waals surface area (Å²) in [6, 6.07) is 1.05. The molecule has 0 bridgehead atoms. The number of aromatic nitrogens is 2. The van der Waals surface area contributed by atoms with Gasteiger partial charge in [0.05, 0.1) is 19.3 Å². The van der Waals surface area contributed by atoms with Crippen LogP contribution in [0.4, 0.5) is 0 Å². The Morgan fingerprint density at radius 3 is 2.90 bits per heavy atom. The highest BCUT2D eigenvalue weighted by Crippen LogP contribution is 2.58. The number of ether oxygens (including phenoxy) is 2. The van der Waals surface area contributed by atoms with Gasteiger partial charge in [0, 0.05) is 18.7 Å². The fourth-order valence-electron chi connectivity index (χ4n) is 3.20. The molecule has 1 aromatic heterocycles. The van der Waals surface area contributed by atoms with Crippen LogP contribution in [0.1, 0.15) is 32.9 Å². The van der Waals surface area contributed by atoms with Gasteiger partial charge in [0.15, 0.2) is 11.8 Å². The van der Waals surface area contributed by atoms with Crippen LogP contribution < -0.4 is 11.2 Å². The van der Waals surface area contributed by atoms with E-state index in [-0.39, 0.29) is 32.2 Å². The van der Waals surface area contributed by atoms with Gasteiger partial charge in [-0.3, -0.25) is 32.7 Å². The molecule has 3 heterocycles. The molecular weight excluding hydrogens is 435 g/mol. The van der Waals surface area contributed by atoms with Crippen molar-refractivity contribution >= 4 is 13.8 Å². The van der Waals surface area contributed by atoms with Crippen LogP contribution in [0.15, 0.2) is 21.9 Å². The third-order valence-corrected chi connectivity index (χ3v) is 6.02. The van der Waals surface area contributed by atoms with Gasteiger partial charge in [0.2, 0.25) is 0 Å². The Balaban J connectivity index is 1.69. The summed E-state index contributed by atoms with van der Waals surface area (Å²) in [7, 11) is -4.13. The molecule has 2 aliphatic heterocycles. The maximum atomic E-state index is 12.8. The number of aliphatic hydroxyl groups is 1. The Bertz CT molecular complexity index is 1030. The highest BCUT2D eigenvalue weighted by Gasteiger charge is 2.62. The number of nitrogens with one attached hydrogen (secondary N) is 1. The third-order valence-electron chi connectivity index (χ3n) is 4.57. The van der Waals surface area contributed by atoms with Gasteiger partial charge in [-0.2, -0.15) is 0 Å². The fraction of sp³-hybridized carbons (Fsp3) is 0.611. The Morgan fingerprint density at radius 2 is 2.26 bits per heavy atom. The summed E-state index contributed by atoms with van der Waals surface area (Å²) in [6.45, 7) is 3.00. The molecule has 0 aromatic carbocycles. The molecule has 31 heavy (non-hydrogen) atoms. The van der Waals surface area contributed by atoms with Crippen LogP contribution in [-0.2, 0) is 32.4 Å². The molecule has 170 valence electrons. The highest BCUT2D eigenvalue weighted by atomic mass is 31.2. The summed E-state index contributed by atoms with van der Waals surface area (Å²) in [4.78, 5) is 37.0. The Hall–Kier alpha value is -2.26. The predicted octanol–water partition coefficient (Wildman–Crippen LogP) is 0.0702. The molecule has 3 rings (SSSR count). The number of phosphoric acid groups is 1. The number of esters is 1. The van der Waals surface area contributed by atoms with Crippen molar-refractivity contribution < 1.29 is 37.5 Å². The lowest BCUT2D eigenvalue weighted by Gasteiger charge is -2.34. The SMILES string of the molecule is C#C[C@@]1(O)[C@@H]2O[P@](=O)(OCCCC(=O)OC(C)C)OC[C@H]2O[C@H]1n1ccc(=O)[nH]c1=O. The van der Waals surface area contributed by atoms with Gasteiger partial charge < -0.3 is 14.6 Å². The molecule has 0 aliphatic carbocycles. The zero-order valence-electron chi connectivity index (χ0n) is 16.9. The molecule has 12 nitrogen and oxygen atoms in total. The standard InChI is InChI=1S/C18H23N2O10P/c1-4-18(24)15-12(29-16(18)20-8-7-13(21)19-17(20)23)10-27-31(25,30-15)26-9-5-6-14(22)28-11(2)3/h1,7-8,11-12,15-16,24H,5-6,9-10H2,2-3H3,(H,19,21,23)/t12-,15-,16-,18-,31-/m1/s1. The van der Waals surface area contributed by atoms with E-state index in [2.05, 4.69) is 5.92 Å². The van der Waals surface area contributed by atoms with Crippen LogP contribution in [0, 0.1) is 12.3 Å². The summed E-state index contributed by atoms with van der Waals surface area (Å²) in [5, 5.41) is 11.0. The molecular formula is C18H23N2O10P. The minimum atomic E-state index is -4.13. The first-order valence-electron chi connectivity index (χ1n) is 9.52. The molecule has 2 aliphatic rings. The minimum Gasteiger partial charge on any atom is -0.463 e. The Morgan fingerprint density at radius 1 is 1.52 bits per heavy atom. The van der Waals surface area contributed by atoms with Crippen LogP contribution in [0.5, 0.6) is 0 Å². The minimum absolute atomic E-state index is 0.0405. The monoisotopic (exact) mass is 458 g/mol. The Kier molecular flexibility index (Phi) is 6.85. The number of carbonyl (C=O) groups excluding carboxylic acids is 1. The van der Waals surface area contributed by atoms with Crippen molar-refractivity contribution in [1.82, 2.24) is 9.55 Å². The number of terminal acetylenes is 1. The highest BCUT2D eigenvalue weighted by molar-refractivity contribution is 7.48. The third kappa shape index (κ3) is 4.98. The molecule has 0 amide bonds. The second-order valence-corrected chi connectivity index (χ2v) is 8.88. The average Bonchev–Trinajstić information content (AvgIpc) is 2.97. The summed E-state index contributed by atoms with van der Waals surface area (Å²) in [5.41, 5.74) is -3.72. The van der Waals surface area contributed by atoms with E-state index in [4.69, 9.17) is 29.5 Å². The molecule has 5 atom stereocenters. The van der Waals surface area contributed by atoms with E-state index < -0.39 is 49.1 Å². The van der Waals surface area contributed by atoms with E-state index in [1.165, 1.54) is 0 Å². The van der Waals surface area contributed by atoms with Crippen molar-refractivity contribution in [3.63, 3.8) is 0 Å². The van der Waals surface area contributed by atoms with Crippen molar-refractivity contribution in [2.45, 2.75) is 56.8 Å². The van der Waals surface area contributed by atoms with E-state index in [1.54, 1.807) is 13.8 Å². The lowest BCUT2D eigenvalue weighted by molar-refractivity contribution is -0.147. The number of aromatic amines is 1. The molecule has 2 fully saturated rings. The van der Waals surface area contributed by atoms with Gasteiger partial charge in [-0.05, 0) is 20.3 Å². The van der Waals surface area contributed by atoms with Gasteiger partial charge in [0.1, 0.15) is 12.2 Å². The van der Waals surface area contributed by atoms with E-state index >= 15 is 0 Å². The zero-order chi connectivity index (χ0) is 22.8. The van der Waals surface area contributed by atoms with Crippen LogP contribution in [0.25, 0.3) is 0 Å². The molecule has 0 saturated carbocycles. The summed E-state index contributed by atoms with van der Waals surface area (Å²) < 4.78 is 40.1. The first-order chi connectivity index (χ1) is 14.6. The van der Waals surface area contributed by atoms with Gasteiger partial charge in [0.25, 0.3) is 5.56 Å². The molecule has 2 N–H and O–H groups in total. The molecule has 0 spiro atoms. The van der Waals surface area contributed by atoms with E-state index in [9.17, 15) is 24.1 Å². The number of phosphoric ester groups is 1. The number of hydrogen-bond acceptors (Lipinski definition) is 10. The first kappa shape index (κ1) is 23.4. The van der Waals surface area contributed by atoms with E-state index in [0.717, 1.165) is 16.8 Å². The van der Waals surface area contributed by atoms with Crippen molar-refractivity contribution in [1.29, 1.82) is 0 Å². The van der Waals surface area contributed by atoms with Crippen molar-refractivity contribution in [3.05, 3.63) is 33.1 Å². The quantitative estimate of drug-likeness (QED) is 0.248. The first-order valence-corrected chi connectivity index (χ1v) is 11.0. The zero-order valence-corrected chi connectivity index (χ0v) is 17.8. The van der Waals surface area contributed by atoms with Crippen molar-refractivity contribution in [2.24, 2.45) is 0 Å². The predicted molar refractivity (Wildman–Crippen MR) is 104 cm³/mol. The molecule has 13 heteroatoms.